The van der Waals surface area contributed by atoms with Crippen molar-refractivity contribution in [2.75, 3.05) is 0 Å². The average molecular weight is 293 g/mol. The van der Waals surface area contributed by atoms with Crippen molar-refractivity contribution in [3.8, 4) is 0 Å². The van der Waals surface area contributed by atoms with Crippen LogP contribution in [0.5, 0.6) is 0 Å². The van der Waals surface area contributed by atoms with Gasteiger partial charge >= 0.3 is 0 Å². The molecule has 0 aliphatic carbocycles. The Morgan fingerprint density at radius 2 is 2.15 bits per heavy atom. The minimum atomic E-state index is -0.539. The van der Waals surface area contributed by atoms with Gasteiger partial charge in [0, 0.05) is 23.8 Å². The number of hydrogen-bond acceptors (Lipinski definition) is 4. The first-order valence-electron chi connectivity index (χ1n) is 7.04. The van der Waals surface area contributed by atoms with Crippen molar-refractivity contribution >= 4 is 11.3 Å². The molecule has 1 unspecified atom stereocenters. The maximum atomic E-state index is 10.4. The third-order valence-electron chi connectivity index (χ3n) is 3.24. The van der Waals surface area contributed by atoms with Crippen molar-refractivity contribution in [1.29, 1.82) is 0 Å². The number of aryl methyl sites for hydroxylation is 1. The fourth-order valence-electron chi connectivity index (χ4n) is 2.06. The van der Waals surface area contributed by atoms with E-state index in [4.69, 9.17) is 0 Å². The van der Waals surface area contributed by atoms with Crippen molar-refractivity contribution in [3.05, 3.63) is 34.3 Å². The molecule has 0 saturated carbocycles. The lowest BCUT2D eigenvalue weighted by atomic mass is 9.93. The number of aromatic nitrogens is 3. The Kier molecular flexibility index (Phi) is 4.60. The van der Waals surface area contributed by atoms with Crippen molar-refractivity contribution in [3.63, 3.8) is 0 Å². The van der Waals surface area contributed by atoms with Gasteiger partial charge in [-0.25, -0.2) is 9.97 Å². The van der Waals surface area contributed by atoms with Crippen LogP contribution in [-0.2, 0) is 18.4 Å². The predicted molar refractivity (Wildman–Crippen MR) is 82.0 cm³/mol. The van der Waals surface area contributed by atoms with Crippen LogP contribution < -0.4 is 0 Å². The minimum absolute atomic E-state index is 0.0592. The number of hydrogen-bond donors (Lipinski definition) is 1. The van der Waals surface area contributed by atoms with E-state index >= 15 is 0 Å². The molecular formula is C15H23N3OS. The molecule has 0 bridgehead atoms. The quantitative estimate of drug-likeness (QED) is 0.920. The van der Waals surface area contributed by atoms with Crippen LogP contribution in [-0.4, -0.2) is 19.6 Å². The molecule has 0 amide bonds. The highest BCUT2D eigenvalue weighted by atomic mass is 32.1. The number of rotatable bonds is 5. The number of nitrogens with zero attached hydrogens (tertiary/aromatic N) is 3. The van der Waals surface area contributed by atoms with Gasteiger partial charge in [-0.05, 0) is 6.42 Å². The lowest BCUT2D eigenvalue weighted by Crippen LogP contribution is -2.12. The summed E-state index contributed by atoms with van der Waals surface area (Å²) in [5, 5.41) is 13.5. The van der Waals surface area contributed by atoms with Crippen molar-refractivity contribution in [1.82, 2.24) is 14.5 Å². The van der Waals surface area contributed by atoms with Gasteiger partial charge in [0.15, 0.2) is 0 Å². The maximum Gasteiger partial charge on any atom is 0.102 e. The maximum absolute atomic E-state index is 10.4. The molecule has 2 aromatic heterocycles. The Hall–Kier alpha value is -1.20. The summed E-state index contributed by atoms with van der Waals surface area (Å²) in [7, 11) is 0. The van der Waals surface area contributed by atoms with Gasteiger partial charge in [-0.1, -0.05) is 27.7 Å². The summed E-state index contributed by atoms with van der Waals surface area (Å²) in [4.78, 5) is 8.77. The molecule has 2 rings (SSSR count). The van der Waals surface area contributed by atoms with E-state index in [0.29, 0.717) is 6.42 Å². The van der Waals surface area contributed by atoms with Crippen LogP contribution in [0, 0.1) is 0 Å². The van der Waals surface area contributed by atoms with Crippen LogP contribution in [0.25, 0.3) is 0 Å². The van der Waals surface area contributed by atoms with E-state index in [1.807, 2.05) is 4.57 Å². The van der Waals surface area contributed by atoms with Gasteiger partial charge in [-0.15, -0.1) is 11.3 Å². The largest absolute Gasteiger partial charge is 0.386 e. The van der Waals surface area contributed by atoms with Gasteiger partial charge in [0.2, 0.25) is 0 Å². The van der Waals surface area contributed by atoms with E-state index < -0.39 is 6.10 Å². The third kappa shape index (κ3) is 3.46. The Morgan fingerprint density at radius 1 is 1.40 bits per heavy atom. The molecule has 0 aliphatic heterocycles. The fraction of sp³-hybridized carbons (Fsp3) is 0.600. The molecule has 0 aliphatic rings. The second kappa shape index (κ2) is 6.06. The van der Waals surface area contributed by atoms with Crippen LogP contribution in [0.1, 0.15) is 56.6 Å². The van der Waals surface area contributed by atoms with E-state index in [-0.39, 0.29) is 5.41 Å². The summed E-state index contributed by atoms with van der Waals surface area (Å²) < 4.78 is 2.02. The predicted octanol–water partition coefficient (Wildman–Crippen LogP) is 3.32. The summed E-state index contributed by atoms with van der Waals surface area (Å²) in [6, 6.07) is 0. The van der Waals surface area contributed by atoms with Crippen molar-refractivity contribution in [2.24, 2.45) is 0 Å². The second-order valence-electron chi connectivity index (χ2n) is 6.11. The molecule has 1 atom stereocenters. The summed E-state index contributed by atoms with van der Waals surface area (Å²) in [6.45, 7) is 9.46. The Morgan fingerprint density at radius 3 is 2.75 bits per heavy atom. The third-order valence-corrected chi connectivity index (χ3v) is 4.11. The zero-order chi connectivity index (χ0) is 14.8. The smallest absolute Gasteiger partial charge is 0.102 e. The van der Waals surface area contributed by atoms with Crippen LogP contribution in [0.2, 0.25) is 0 Å². The molecular weight excluding hydrogens is 270 g/mol. The minimum Gasteiger partial charge on any atom is -0.386 e. The van der Waals surface area contributed by atoms with Crippen LogP contribution in [0.4, 0.5) is 0 Å². The van der Waals surface area contributed by atoms with Crippen LogP contribution in [0.15, 0.2) is 17.9 Å². The number of aliphatic hydroxyl groups excluding tert-OH is 1. The summed E-state index contributed by atoms with van der Waals surface area (Å²) in [6.07, 6.45) is 4.57. The summed E-state index contributed by atoms with van der Waals surface area (Å²) in [5.74, 6) is 0. The normalized spacial score (nSPS) is 13.7. The molecule has 2 heterocycles. The Labute approximate surface area is 124 Å². The molecule has 1 N–H and O–H groups in total. The molecule has 20 heavy (non-hydrogen) atoms. The van der Waals surface area contributed by atoms with Gasteiger partial charge in [-0.3, -0.25) is 0 Å². The van der Waals surface area contributed by atoms with Gasteiger partial charge in [0.05, 0.1) is 28.9 Å². The topological polar surface area (TPSA) is 50.9 Å². The molecule has 0 radical (unpaired) electrons. The standard InChI is InChI=1S/C15H23N3OS/c1-5-6-18-10-16-8-11(18)12(19)7-14-17-13(9-20-14)15(2,3)4/h8-10,12,19H,5-7H2,1-4H3. The van der Waals surface area contributed by atoms with Gasteiger partial charge in [0.1, 0.15) is 6.10 Å². The number of imidazole rings is 1. The van der Waals surface area contributed by atoms with E-state index in [1.54, 1.807) is 23.9 Å². The Bertz CT molecular complexity index is 553. The molecule has 5 heteroatoms. The highest BCUT2D eigenvalue weighted by molar-refractivity contribution is 7.09. The highest BCUT2D eigenvalue weighted by Gasteiger charge is 2.20. The highest BCUT2D eigenvalue weighted by Crippen LogP contribution is 2.26. The van der Waals surface area contributed by atoms with Gasteiger partial charge in [0.25, 0.3) is 0 Å². The first kappa shape index (κ1) is 15.2. The fourth-order valence-corrected chi connectivity index (χ4v) is 3.11. The van der Waals surface area contributed by atoms with E-state index in [9.17, 15) is 5.11 Å². The number of aliphatic hydroxyl groups is 1. The monoisotopic (exact) mass is 293 g/mol. The van der Waals surface area contributed by atoms with E-state index in [2.05, 4.69) is 43.0 Å². The lowest BCUT2D eigenvalue weighted by molar-refractivity contribution is 0.168. The number of thiazole rings is 1. The van der Waals surface area contributed by atoms with E-state index in [1.165, 1.54) is 0 Å². The molecule has 0 spiro atoms. The summed E-state index contributed by atoms with van der Waals surface area (Å²) >= 11 is 1.62. The molecule has 0 saturated heterocycles. The Balaban J connectivity index is 2.09. The van der Waals surface area contributed by atoms with E-state index in [0.717, 1.165) is 29.4 Å². The lowest BCUT2D eigenvalue weighted by Gasteiger charge is -2.15. The van der Waals surface area contributed by atoms with Gasteiger partial charge in [-0.2, -0.15) is 0 Å². The molecule has 4 nitrogen and oxygen atoms in total. The van der Waals surface area contributed by atoms with Gasteiger partial charge < -0.3 is 9.67 Å². The molecule has 2 aromatic rings. The van der Waals surface area contributed by atoms with Crippen molar-refractivity contribution < 1.29 is 5.11 Å². The summed E-state index contributed by atoms with van der Waals surface area (Å²) in [5.41, 5.74) is 2.02. The average Bonchev–Trinajstić information content (AvgIpc) is 2.97. The zero-order valence-corrected chi connectivity index (χ0v) is 13.4. The first-order valence-corrected chi connectivity index (χ1v) is 7.92. The molecule has 0 fully saturated rings. The SMILES string of the molecule is CCCn1cncc1C(O)Cc1nc(C(C)(C)C)cs1. The molecule has 0 aromatic carbocycles. The zero-order valence-electron chi connectivity index (χ0n) is 12.6. The van der Waals surface area contributed by atoms with Crippen LogP contribution >= 0.6 is 11.3 Å². The first-order chi connectivity index (χ1) is 9.41. The second-order valence-corrected chi connectivity index (χ2v) is 7.05. The molecule has 110 valence electrons. The van der Waals surface area contributed by atoms with Crippen molar-refractivity contribution in [2.45, 2.75) is 58.6 Å². The van der Waals surface area contributed by atoms with Crippen LogP contribution in [0.3, 0.4) is 0 Å².